The Morgan fingerprint density at radius 1 is 1.27 bits per heavy atom. The van der Waals surface area contributed by atoms with E-state index in [1.165, 1.54) is 32.1 Å². The number of likely N-dealkylation sites (tertiary alicyclic amines) is 1. The van der Waals surface area contributed by atoms with Crippen molar-refractivity contribution in [3.05, 3.63) is 23.4 Å². The molecule has 1 aliphatic heterocycles. The van der Waals surface area contributed by atoms with Gasteiger partial charge in [0.15, 0.2) is 0 Å². The normalized spacial score (nSPS) is 21.0. The largest absolute Gasteiger partial charge is 0.356 e. The average molecular weight is 449 g/mol. The highest BCUT2D eigenvalue weighted by Gasteiger charge is 2.26. The smallest absolute Gasteiger partial charge is 0.241 e. The standard InChI is InChI=1S/C22H32N4O2S2/c27-22(23-11-6-14-29-18-8-2-1-3-9-18)17-7-4-12-26(15-17)16-20-24-21(25-28-20)19-10-5-13-30-19/h5,10,13,17-18H,1-4,6-9,11-12,14-16H2,(H,23,27). The topological polar surface area (TPSA) is 71.3 Å². The van der Waals surface area contributed by atoms with E-state index in [4.69, 9.17) is 4.52 Å². The van der Waals surface area contributed by atoms with Gasteiger partial charge < -0.3 is 9.84 Å². The van der Waals surface area contributed by atoms with Crippen LogP contribution in [0, 0.1) is 5.92 Å². The van der Waals surface area contributed by atoms with Gasteiger partial charge in [-0.05, 0) is 55.8 Å². The number of nitrogens with one attached hydrogen (secondary N) is 1. The molecule has 0 spiro atoms. The van der Waals surface area contributed by atoms with Crippen LogP contribution in [0.5, 0.6) is 0 Å². The summed E-state index contributed by atoms with van der Waals surface area (Å²) in [5, 5.41) is 10.1. The number of aromatic nitrogens is 2. The van der Waals surface area contributed by atoms with Gasteiger partial charge >= 0.3 is 0 Å². The molecule has 164 valence electrons. The average Bonchev–Trinajstić information content (AvgIpc) is 3.46. The molecule has 1 N–H and O–H groups in total. The van der Waals surface area contributed by atoms with Gasteiger partial charge in [0.05, 0.1) is 17.3 Å². The van der Waals surface area contributed by atoms with Crippen molar-refractivity contribution in [3.8, 4) is 10.7 Å². The zero-order valence-corrected chi connectivity index (χ0v) is 19.2. The lowest BCUT2D eigenvalue weighted by Gasteiger charge is -2.30. The Labute approximate surface area is 187 Å². The SMILES string of the molecule is O=C(NCCCSC1CCCCC1)C1CCCN(Cc2nc(-c3cccs3)no2)C1. The summed E-state index contributed by atoms with van der Waals surface area (Å²) in [4.78, 5) is 20.4. The molecule has 1 saturated heterocycles. The van der Waals surface area contributed by atoms with Crippen LogP contribution in [-0.2, 0) is 11.3 Å². The minimum absolute atomic E-state index is 0.0597. The summed E-state index contributed by atoms with van der Waals surface area (Å²) in [6.07, 6.45) is 10.0. The van der Waals surface area contributed by atoms with E-state index >= 15 is 0 Å². The van der Waals surface area contributed by atoms with Gasteiger partial charge in [-0.2, -0.15) is 16.7 Å². The van der Waals surface area contributed by atoms with E-state index < -0.39 is 0 Å². The second kappa shape index (κ2) is 11.3. The van der Waals surface area contributed by atoms with Crippen molar-refractivity contribution < 1.29 is 9.32 Å². The monoisotopic (exact) mass is 448 g/mol. The first kappa shape index (κ1) is 21.8. The second-order valence-corrected chi connectivity index (χ2v) is 10.7. The van der Waals surface area contributed by atoms with Gasteiger partial charge in [0.1, 0.15) is 0 Å². The molecule has 3 heterocycles. The van der Waals surface area contributed by atoms with Crippen molar-refractivity contribution in [2.45, 2.75) is 63.2 Å². The molecule has 2 aromatic heterocycles. The maximum atomic E-state index is 12.6. The fourth-order valence-electron chi connectivity index (χ4n) is 4.34. The molecule has 1 unspecified atom stereocenters. The number of carbonyl (C=O) groups is 1. The quantitative estimate of drug-likeness (QED) is 0.566. The van der Waals surface area contributed by atoms with E-state index in [0.29, 0.717) is 18.3 Å². The number of hydrogen-bond donors (Lipinski definition) is 1. The van der Waals surface area contributed by atoms with Gasteiger partial charge in [0.25, 0.3) is 0 Å². The highest BCUT2D eigenvalue weighted by Crippen LogP contribution is 2.28. The molecule has 1 aliphatic carbocycles. The molecule has 8 heteroatoms. The van der Waals surface area contributed by atoms with E-state index in [2.05, 4.69) is 32.1 Å². The summed E-state index contributed by atoms with van der Waals surface area (Å²) < 4.78 is 5.43. The molecule has 6 nitrogen and oxygen atoms in total. The minimum atomic E-state index is 0.0597. The predicted octanol–water partition coefficient (Wildman–Crippen LogP) is 4.58. The molecule has 0 radical (unpaired) electrons. The zero-order chi connectivity index (χ0) is 20.6. The van der Waals surface area contributed by atoms with Crippen molar-refractivity contribution >= 4 is 29.0 Å². The number of rotatable bonds is 9. The van der Waals surface area contributed by atoms with Crippen LogP contribution in [0.3, 0.4) is 0 Å². The lowest BCUT2D eigenvalue weighted by molar-refractivity contribution is -0.126. The van der Waals surface area contributed by atoms with Gasteiger partial charge in [-0.1, -0.05) is 30.5 Å². The third-order valence-electron chi connectivity index (χ3n) is 5.97. The van der Waals surface area contributed by atoms with Crippen LogP contribution in [0.2, 0.25) is 0 Å². The van der Waals surface area contributed by atoms with Crippen molar-refractivity contribution in [2.75, 3.05) is 25.4 Å². The number of nitrogens with zero attached hydrogens (tertiary/aromatic N) is 3. The number of hydrogen-bond acceptors (Lipinski definition) is 7. The van der Waals surface area contributed by atoms with Crippen LogP contribution in [0.15, 0.2) is 22.0 Å². The van der Waals surface area contributed by atoms with E-state index in [9.17, 15) is 4.79 Å². The van der Waals surface area contributed by atoms with Gasteiger partial charge in [-0.3, -0.25) is 9.69 Å². The molecular weight excluding hydrogens is 416 g/mol. The minimum Gasteiger partial charge on any atom is -0.356 e. The van der Waals surface area contributed by atoms with Crippen molar-refractivity contribution in [1.82, 2.24) is 20.4 Å². The Morgan fingerprint density at radius 3 is 3.00 bits per heavy atom. The van der Waals surface area contributed by atoms with E-state index in [-0.39, 0.29) is 11.8 Å². The Balaban J connectivity index is 1.16. The second-order valence-electron chi connectivity index (χ2n) is 8.34. The molecule has 2 fully saturated rings. The van der Waals surface area contributed by atoms with Gasteiger partial charge in [0.2, 0.25) is 17.6 Å². The summed E-state index contributed by atoms with van der Waals surface area (Å²) in [6, 6.07) is 3.98. The maximum absolute atomic E-state index is 12.6. The fraction of sp³-hybridized carbons (Fsp3) is 0.682. The highest BCUT2D eigenvalue weighted by molar-refractivity contribution is 7.99. The lowest BCUT2D eigenvalue weighted by Crippen LogP contribution is -2.43. The molecule has 1 saturated carbocycles. The zero-order valence-electron chi connectivity index (χ0n) is 17.6. The Hall–Kier alpha value is -1.38. The first-order valence-corrected chi connectivity index (χ1v) is 13.2. The van der Waals surface area contributed by atoms with Crippen molar-refractivity contribution in [3.63, 3.8) is 0 Å². The third-order valence-corrected chi connectivity index (χ3v) is 8.30. The first-order valence-electron chi connectivity index (χ1n) is 11.3. The van der Waals surface area contributed by atoms with Crippen LogP contribution in [-0.4, -0.2) is 51.6 Å². The summed E-state index contributed by atoms with van der Waals surface area (Å²) in [5.41, 5.74) is 0. The molecule has 0 aromatic carbocycles. The molecule has 2 aromatic rings. The molecular formula is C22H32N4O2S2. The van der Waals surface area contributed by atoms with Crippen LogP contribution < -0.4 is 5.32 Å². The number of amides is 1. The number of thiophene rings is 1. The summed E-state index contributed by atoms with van der Waals surface area (Å²) in [6.45, 7) is 3.14. The molecule has 0 bridgehead atoms. The summed E-state index contributed by atoms with van der Waals surface area (Å²) in [5.74, 6) is 2.69. The molecule has 1 atom stereocenters. The molecule has 1 amide bonds. The van der Waals surface area contributed by atoms with Crippen molar-refractivity contribution in [1.29, 1.82) is 0 Å². The van der Waals surface area contributed by atoms with E-state index in [1.807, 2.05) is 17.5 Å². The van der Waals surface area contributed by atoms with E-state index in [1.54, 1.807) is 11.3 Å². The Morgan fingerprint density at radius 2 is 2.17 bits per heavy atom. The number of piperidine rings is 1. The van der Waals surface area contributed by atoms with Crippen LogP contribution in [0.25, 0.3) is 10.7 Å². The lowest BCUT2D eigenvalue weighted by atomic mass is 9.97. The van der Waals surface area contributed by atoms with Crippen LogP contribution in [0.1, 0.15) is 57.3 Å². The van der Waals surface area contributed by atoms with Crippen LogP contribution in [0.4, 0.5) is 0 Å². The summed E-state index contributed by atoms with van der Waals surface area (Å²) >= 11 is 3.71. The van der Waals surface area contributed by atoms with Crippen molar-refractivity contribution in [2.24, 2.45) is 5.92 Å². The van der Waals surface area contributed by atoms with Gasteiger partial charge in [0, 0.05) is 18.3 Å². The van der Waals surface area contributed by atoms with E-state index in [0.717, 1.165) is 54.8 Å². The fourth-order valence-corrected chi connectivity index (χ4v) is 6.30. The third kappa shape index (κ3) is 6.31. The predicted molar refractivity (Wildman–Crippen MR) is 123 cm³/mol. The Bertz CT molecular complexity index is 774. The number of thioether (sulfide) groups is 1. The number of carbonyl (C=O) groups excluding carboxylic acids is 1. The van der Waals surface area contributed by atoms with Crippen LogP contribution >= 0.6 is 23.1 Å². The highest BCUT2D eigenvalue weighted by atomic mass is 32.2. The van der Waals surface area contributed by atoms with Gasteiger partial charge in [-0.25, -0.2) is 0 Å². The first-order chi connectivity index (χ1) is 14.8. The Kier molecular flexibility index (Phi) is 8.22. The summed E-state index contributed by atoms with van der Waals surface area (Å²) in [7, 11) is 0. The van der Waals surface area contributed by atoms with Gasteiger partial charge in [-0.15, -0.1) is 11.3 Å². The molecule has 30 heavy (non-hydrogen) atoms. The molecule has 4 rings (SSSR count). The molecule has 2 aliphatic rings. The maximum Gasteiger partial charge on any atom is 0.241 e.